The molecule has 0 radical (unpaired) electrons. The molecule has 0 spiro atoms. The van der Waals surface area contributed by atoms with Gasteiger partial charge in [-0.05, 0) is 25.5 Å². The molecule has 2 heterocycles. The van der Waals surface area contributed by atoms with Gasteiger partial charge in [-0.3, -0.25) is 4.79 Å². The van der Waals surface area contributed by atoms with Crippen molar-refractivity contribution >= 4 is 34.0 Å². The molecule has 0 saturated heterocycles. The van der Waals surface area contributed by atoms with E-state index in [-0.39, 0.29) is 10.3 Å². The molecule has 0 aliphatic rings. The number of halogens is 1. The zero-order chi connectivity index (χ0) is 14.3. The monoisotopic (exact) mass is 307 g/mol. The number of hydrogen-bond donors (Lipinski definition) is 1. The van der Waals surface area contributed by atoms with Crippen LogP contribution in [0.5, 0.6) is 0 Å². The van der Waals surface area contributed by atoms with Gasteiger partial charge >= 0.3 is 4.87 Å². The zero-order valence-electron chi connectivity index (χ0n) is 11.2. The summed E-state index contributed by atoms with van der Waals surface area (Å²) in [5, 5.41) is 1.65. The van der Waals surface area contributed by atoms with Gasteiger partial charge in [-0.15, -0.1) is 11.6 Å². The number of aryl methyl sites for hydroxylation is 1. The van der Waals surface area contributed by atoms with E-state index in [9.17, 15) is 4.79 Å². The summed E-state index contributed by atoms with van der Waals surface area (Å²) >= 11 is 7.42. The number of H-pyrrole nitrogens is 1. The highest BCUT2D eigenvalue weighted by Gasteiger charge is 2.16. The number of alkyl halides is 1. The van der Waals surface area contributed by atoms with Crippen LogP contribution in [0.3, 0.4) is 0 Å². The van der Waals surface area contributed by atoms with Crippen molar-refractivity contribution in [1.29, 1.82) is 0 Å². The summed E-state index contributed by atoms with van der Waals surface area (Å²) in [5.41, 5.74) is 4.00. The summed E-state index contributed by atoms with van der Waals surface area (Å²) in [6, 6.07) is 6.08. The number of imidazole rings is 1. The largest absolute Gasteiger partial charge is 0.321 e. The quantitative estimate of drug-likeness (QED) is 0.754. The molecular weight excluding hydrogens is 294 g/mol. The Morgan fingerprint density at radius 2 is 2.30 bits per heavy atom. The fraction of sp³-hybridized carbons (Fsp3) is 0.286. The van der Waals surface area contributed by atoms with E-state index in [4.69, 9.17) is 11.6 Å². The highest BCUT2D eigenvalue weighted by Crippen LogP contribution is 2.27. The summed E-state index contributed by atoms with van der Waals surface area (Å²) in [6.45, 7) is 4.52. The molecule has 3 rings (SSSR count). The minimum absolute atomic E-state index is 0.0407. The molecule has 20 heavy (non-hydrogen) atoms. The summed E-state index contributed by atoms with van der Waals surface area (Å²) in [5.74, 6) is 0.822. The van der Waals surface area contributed by atoms with Crippen LogP contribution in [0.4, 0.5) is 0 Å². The van der Waals surface area contributed by atoms with Crippen LogP contribution in [0.25, 0.3) is 11.0 Å². The molecule has 0 aliphatic heterocycles. The summed E-state index contributed by atoms with van der Waals surface area (Å²) in [7, 11) is 0. The summed E-state index contributed by atoms with van der Waals surface area (Å²) < 4.78 is 2.07. The lowest BCUT2D eigenvalue weighted by Crippen LogP contribution is -2.07. The summed E-state index contributed by atoms with van der Waals surface area (Å²) in [6.07, 6.45) is 0. The first-order valence-electron chi connectivity index (χ1n) is 6.33. The van der Waals surface area contributed by atoms with Gasteiger partial charge in [0.25, 0.3) is 0 Å². The Bertz CT molecular complexity index is 815. The smallest absolute Gasteiger partial charge is 0.304 e. The molecule has 6 heteroatoms. The van der Waals surface area contributed by atoms with E-state index < -0.39 is 0 Å². The number of aromatic nitrogens is 3. The topological polar surface area (TPSA) is 50.7 Å². The Hall–Kier alpha value is -1.59. The number of nitrogens with one attached hydrogen (secondary N) is 1. The van der Waals surface area contributed by atoms with Gasteiger partial charge in [0, 0.05) is 11.1 Å². The van der Waals surface area contributed by atoms with Gasteiger partial charge in [0.2, 0.25) is 0 Å². The van der Waals surface area contributed by atoms with Gasteiger partial charge in [-0.1, -0.05) is 23.5 Å². The highest BCUT2D eigenvalue weighted by molar-refractivity contribution is 7.07. The van der Waals surface area contributed by atoms with Crippen LogP contribution in [-0.4, -0.2) is 14.5 Å². The number of benzene rings is 1. The lowest BCUT2D eigenvalue weighted by molar-refractivity contribution is 0.729. The van der Waals surface area contributed by atoms with Gasteiger partial charge < -0.3 is 9.55 Å². The Kier molecular flexibility index (Phi) is 3.40. The van der Waals surface area contributed by atoms with Crippen molar-refractivity contribution in [3.8, 4) is 0 Å². The zero-order valence-corrected chi connectivity index (χ0v) is 12.8. The van der Waals surface area contributed by atoms with Gasteiger partial charge in [0.1, 0.15) is 5.82 Å². The van der Waals surface area contributed by atoms with Crippen molar-refractivity contribution in [2.24, 2.45) is 0 Å². The number of fused-ring (bicyclic) bond motifs is 1. The lowest BCUT2D eigenvalue weighted by atomic mass is 10.2. The van der Waals surface area contributed by atoms with Crippen LogP contribution in [-0.2, 0) is 6.54 Å². The van der Waals surface area contributed by atoms with Crippen molar-refractivity contribution in [2.75, 3.05) is 0 Å². The molecule has 0 bridgehead atoms. The van der Waals surface area contributed by atoms with E-state index >= 15 is 0 Å². The predicted octanol–water partition coefficient (Wildman–Crippen LogP) is 3.44. The Morgan fingerprint density at radius 1 is 1.50 bits per heavy atom. The van der Waals surface area contributed by atoms with Gasteiger partial charge in [-0.2, -0.15) is 0 Å². The van der Waals surface area contributed by atoms with E-state index in [2.05, 4.69) is 14.5 Å². The second kappa shape index (κ2) is 5.07. The molecule has 104 valence electrons. The second-order valence-electron chi connectivity index (χ2n) is 4.79. The van der Waals surface area contributed by atoms with E-state index in [1.165, 1.54) is 11.3 Å². The number of aromatic amines is 1. The predicted molar refractivity (Wildman–Crippen MR) is 82.8 cm³/mol. The third kappa shape index (κ3) is 2.27. The van der Waals surface area contributed by atoms with Gasteiger partial charge in [0.05, 0.1) is 23.0 Å². The Balaban J connectivity index is 2.18. The third-order valence-electron chi connectivity index (χ3n) is 3.27. The average molecular weight is 308 g/mol. The Morgan fingerprint density at radius 3 is 2.95 bits per heavy atom. The molecule has 3 aromatic rings. The van der Waals surface area contributed by atoms with E-state index in [0.717, 1.165) is 28.1 Å². The van der Waals surface area contributed by atoms with Crippen LogP contribution in [0.15, 0.2) is 28.4 Å². The fourth-order valence-corrected chi connectivity index (χ4v) is 3.08. The van der Waals surface area contributed by atoms with E-state index in [1.807, 2.05) is 37.4 Å². The number of para-hydroxylation sites is 1. The van der Waals surface area contributed by atoms with E-state index in [0.29, 0.717) is 6.54 Å². The first kappa shape index (κ1) is 13.4. The lowest BCUT2D eigenvalue weighted by Gasteiger charge is -2.09. The van der Waals surface area contributed by atoms with Crippen molar-refractivity contribution in [3.63, 3.8) is 0 Å². The fourth-order valence-electron chi connectivity index (χ4n) is 2.34. The third-order valence-corrected chi connectivity index (χ3v) is 4.18. The molecule has 0 amide bonds. The van der Waals surface area contributed by atoms with Gasteiger partial charge in [-0.25, -0.2) is 4.98 Å². The first-order valence-corrected chi connectivity index (χ1v) is 7.64. The molecule has 0 fully saturated rings. The van der Waals surface area contributed by atoms with Crippen LogP contribution in [0, 0.1) is 6.92 Å². The molecule has 0 aliphatic carbocycles. The minimum Gasteiger partial charge on any atom is -0.321 e. The minimum atomic E-state index is -0.188. The molecule has 1 atom stereocenters. The SMILES string of the molecule is Cc1cccc2c1nc(C(C)Cl)n2Cc1csc(=O)[nH]1. The van der Waals surface area contributed by atoms with Crippen molar-refractivity contribution in [1.82, 2.24) is 14.5 Å². The molecule has 1 aromatic carbocycles. The van der Waals surface area contributed by atoms with Crippen molar-refractivity contribution in [3.05, 3.63) is 50.3 Å². The number of nitrogens with zero attached hydrogens (tertiary/aromatic N) is 2. The maximum absolute atomic E-state index is 11.3. The average Bonchev–Trinajstić information content (AvgIpc) is 2.96. The molecule has 2 aromatic heterocycles. The first-order chi connectivity index (χ1) is 9.56. The molecular formula is C14H14ClN3OS. The maximum atomic E-state index is 11.3. The van der Waals surface area contributed by atoms with Crippen LogP contribution < -0.4 is 4.87 Å². The second-order valence-corrected chi connectivity index (χ2v) is 6.29. The van der Waals surface area contributed by atoms with E-state index in [1.54, 1.807) is 0 Å². The van der Waals surface area contributed by atoms with Crippen molar-refractivity contribution < 1.29 is 0 Å². The number of thiazole rings is 1. The molecule has 1 unspecified atom stereocenters. The molecule has 1 N–H and O–H groups in total. The van der Waals surface area contributed by atoms with Crippen molar-refractivity contribution in [2.45, 2.75) is 25.8 Å². The van der Waals surface area contributed by atoms with Gasteiger partial charge in [0.15, 0.2) is 0 Å². The van der Waals surface area contributed by atoms with Crippen LogP contribution in [0.1, 0.15) is 29.4 Å². The maximum Gasteiger partial charge on any atom is 0.304 e. The number of rotatable bonds is 3. The molecule has 0 saturated carbocycles. The standard InChI is InChI=1S/C14H14ClN3OS/c1-8-4-3-5-11-12(8)17-13(9(2)15)18(11)6-10-7-20-14(19)16-10/h3-5,7,9H,6H2,1-2H3,(H,16,19). The number of hydrogen-bond acceptors (Lipinski definition) is 3. The highest BCUT2D eigenvalue weighted by atomic mass is 35.5. The summed E-state index contributed by atoms with van der Waals surface area (Å²) in [4.78, 5) is 18.7. The van der Waals surface area contributed by atoms with Crippen LogP contribution in [0.2, 0.25) is 0 Å². The van der Waals surface area contributed by atoms with Crippen LogP contribution >= 0.6 is 22.9 Å². The molecule has 4 nitrogen and oxygen atoms in total. The normalized spacial score (nSPS) is 12.9. The Labute approximate surface area is 125 Å².